The number of carbonyl (C=O) groups is 5. The number of thioether (sulfide) groups is 1. The summed E-state index contributed by atoms with van der Waals surface area (Å²) in [7, 11) is 2.66. The first-order valence-electron chi connectivity index (χ1n) is 12.8. The Balaban J connectivity index is 1.83. The number of nitro benzene ring substituents is 1. The van der Waals surface area contributed by atoms with Gasteiger partial charge < -0.3 is 14.8 Å². The molecule has 2 atom stereocenters. The van der Waals surface area contributed by atoms with Crippen LogP contribution in [0.4, 0.5) is 16.2 Å². The third-order valence-electron chi connectivity index (χ3n) is 6.22. The minimum atomic E-state index is -1.06. The standard InChI is InChI=1S/C28H30N4O10S/c1-5-10-41-27(36)20-11-19(26(35)30(3)40-4)12-21(13-20)29-25(34)24-14-23(43-17(2)33)15-31(24)28(37)42-16-18-6-8-22(9-7-18)32(38)39/h5-9,11-13,23-24H,1,10,14-16H2,2-4H3,(H,29,34). The second kappa shape index (κ2) is 14.9. The lowest BCUT2D eigenvalue weighted by Crippen LogP contribution is -2.43. The summed E-state index contributed by atoms with van der Waals surface area (Å²) < 4.78 is 10.5. The zero-order valence-electron chi connectivity index (χ0n) is 23.6. The first-order chi connectivity index (χ1) is 20.4. The maximum absolute atomic E-state index is 13.5. The molecule has 1 aliphatic heterocycles. The Bertz CT molecular complexity index is 1410. The zero-order valence-corrected chi connectivity index (χ0v) is 24.5. The van der Waals surface area contributed by atoms with Crippen molar-refractivity contribution in [3.8, 4) is 0 Å². The second-order valence-corrected chi connectivity index (χ2v) is 10.8. The highest BCUT2D eigenvalue weighted by Crippen LogP contribution is 2.30. The van der Waals surface area contributed by atoms with Crippen LogP contribution in [-0.2, 0) is 30.5 Å². The van der Waals surface area contributed by atoms with Gasteiger partial charge in [-0.15, -0.1) is 0 Å². The number of esters is 1. The molecular formula is C28H30N4O10S. The summed E-state index contributed by atoms with van der Waals surface area (Å²) in [6.07, 6.45) is 0.672. The van der Waals surface area contributed by atoms with E-state index in [9.17, 15) is 34.1 Å². The zero-order chi connectivity index (χ0) is 31.7. The molecule has 43 heavy (non-hydrogen) atoms. The number of likely N-dealkylation sites (tertiary alicyclic amines) is 1. The molecule has 15 heteroatoms. The third-order valence-corrected chi connectivity index (χ3v) is 7.22. The predicted molar refractivity (Wildman–Crippen MR) is 155 cm³/mol. The van der Waals surface area contributed by atoms with Gasteiger partial charge in [0.2, 0.25) is 5.91 Å². The van der Waals surface area contributed by atoms with Crippen molar-refractivity contribution in [3.05, 3.63) is 81.9 Å². The Kier molecular flexibility index (Phi) is 11.4. The number of rotatable bonds is 11. The number of hydrogen-bond donors (Lipinski definition) is 1. The highest BCUT2D eigenvalue weighted by atomic mass is 32.2. The first kappa shape index (κ1) is 32.8. The molecule has 14 nitrogen and oxygen atoms in total. The van der Waals surface area contributed by atoms with Crippen LogP contribution >= 0.6 is 11.8 Å². The van der Waals surface area contributed by atoms with Crippen molar-refractivity contribution in [3.63, 3.8) is 0 Å². The number of benzene rings is 2. The van der Waals surface area contributed by atoms with Gasteiger partial charge in [-0.2, -0.15) is 0 Å². The Morgan fingerprint density at radius 2 is 1.81 bits per heavy atom. The van der Waals surface area contributed by atoms with E-state index in [1.807, 2.05) is 0 Å². The van der Waals surface area contributed by atoms with Crippen molar-refractivity contribution in [1.29, 1.82) is 0 Å². The molecule has 1 heterocycles. The molecule has 2 aromatic rings. The van der Waals surface area contributed by atoms with E-state index in [0.717, 1.165) is 16.8 Å². The molecule has 2 aromatic carbocycles. The summed E-state index contributed by atoms with van der Waals surface area (Å²) in [6, 6.07) is 8.34. The minimum Gasteiger partial charge on any atom is -0.458 e. The maximum Gasteiger partial charge on any atom is 0.410 e. The number of hydrogen-bond acceptors (Lipinski definition) is 11. The number of hydroxylamine groups is 2. The van der Waals surface area contributed by atoms with E-state index in [1.165, 1.54) is 74.5 Å². The van der Waals surface area contributed by atoms with Crippen LogP contribution in [0.1, 0.15) is 39.6 Å². The molecule has 1 saturated heterocycles. The van der Waals surface area contributed by atoms with Crippen molar-refractivity contribution < 1.29 is 43.2 Å². The van der Waals surface area contributed by atoms with E-state index in [-0.39, 0.29) is 53.8 Å². The third kappa shape index (κ3) is 8.86. The van der Waals surface area contributed by atoms with Gasteiger partial charge in [0.15, 0.2) is 5.12 Å². The lowest BCUT2D eigenvalue weighted by atomic mass is 10.1. The molecule has 1 aliphatic rings. The van der Waals surface area contributed by atoms with Crippen molar-refractivity contribution >= 4 is 52.1 Å². The molecular weight excluding hydrogens is 584 g/mol. The monoisotopic (exact) mass is 614 g/mol. The topological polar surface area (TPSA) is 175 Å². The van der Waals surface area contributed by atoms with E-state index in [0.29, 0.717) is 5.56 Å². The van der Waals surface area contributed by atoms with Crippen LogP contribution in [0.5, 0.6) is 0 Å². The largest absolute Gasteiger partial charge is 0.458 e. The predicted octanol–water partition coefficient (Wildman–Crippen LogP) is 3.57. The lowest BCUT2D eigenvalue weighted by Gasteiger charge is -2.23. The van der Waals surface area contributed by atoms with Crippen LogP contribution < -0.4 is 5.32 Å². The smallest absolute Gasteiger partial charge is 0.410 e. The summed E-state index contributed by atoms with van der Waals surface area (Å²) in [6.45, 7) is 4.62. The van der Waals surface area contributed by atoms with Crippen LogP contribution in [0, 0.1) is 10.1 Å². The van der Waals surface area contributed by atoms with Crippen molar-refractivity contribution in [1.82, 2.24) is 9.96 Å². The van der Waals surface area contributed by atoms with Gasteiger partial charge in [-0.05, 0) is 42.3 Å². The fraction of sp³-hybridized carbons (Fsp3) is 0.321. The van der Waals surface area contributed by atoms with Crippen LogP contribution in [0.15, 0.2) is 55.1 Å². The number of anilines is 1. The molecule has 2 unspecified atom stereocenters. The Morgan fingerprint density at radius 1 is 1.14 bits per heavy atom. The van der Waals surface area contributed by atoms with Gasteiger partial charge in [-0.3, -0.25) is 34.2 Å². The molecule has 1 N–H and O–H groups in total. The first-order valence-corrected chi connectivity index (χ1v) is 13.7. The molecule has 0 aromatic heterocycles. The molecule has 0 bridgehead atoms. The van der Waals surface area contributed by atoms with Crippen LogP contribution in [0.3, 0.4) is 0 Å². The molecule has 228 valence electrons. The molecule has 0 radical (unpaired) electrons. The van der Waals surface area contributed by atoms with Gasteiger partial charge in [0.05, 0.1) is 17.6 Å². The number of amides is 3. The second-order valence-electron chi connectivity index (χ2n) is 9.27. The molecule has 0 saturated carbocycles. The van der Waals surface area contributed by atoms with Gasteiger partial charge in [0.25, 0.3) is 11.6 Å². The van der Waals surface area contributed by atoms with Crippen LogP contribution in [0.2, 0.25) is 0 Å². The average molecular weight is 615 g/mol. The highest BCUT2D eigenvalue weighted by Gasteiger charge is 2.41. The summed E-state index contributed by atoms with van der Waals surface area (Å²) in [4.78, 5) is 80.1. The number of ether oxygens (including phenoxy) is 2. The summed E-state index contributed by atoms with van der Waals surface area (Å²) >= 11 is 0.990. The van der Waals surface area contributed by atoms with Gasteiger partial charge in [0.1, 0.15) is 19.3 Å². The lowest BCUT2D eigenvalue weighted by molar-refractivity contribution is -0.384. The fourth-order valence-electron chi connectivity index (χ4n) is 4.16. The number of nitrogens with zero attached hydrogens (tertiary/aromatic N) is 3. The van der Waals surface area contributed by atoms with Crippen LogP contribution in [0.25, 0.3) is 0 Å². The van der Waals surface area contributed by atoms with Gasteiger partial charge in [-0.25, -0.2) is 14.7 Å². The molecule has 3 amide bonds. The molecule has 1 fully saturated rings. The highest BCUT2D eigenvalue weighted by molar-refractivity contribution is 8.14. The van der Waals surface area contributed by atoms with E-state index >= 15 is 0 Å². The molecule has 0 aliphatic carbocycles. The Hall–Kier alpha value is -4.76. The van der Waals surface area contributed by atoms with Crippen molar-refractivity contribution in [2.24, 2.45) is 0 Å². The van der Waals surface area contributed by atoms with Gasteiger partial charge in [0, 0.05) is 49.1 Å². The minimum absolute atomic E-state index is 0.0171. The quantitative estimate of drug-likeness (QED) is 0.170. The number of non-ortho nitro benzene ring substituents is 1. The number of nitrogens with one attached hydrogen (secondary N) is 1. The maximum atomic E-state index is 13.5. The molecule has 3 rings (SSSR count). The summed E-state index contributed by atoms with van der Waals surface area (Å²) in [5, 5.41) is 13.9. The van der Waals surface area contributed by atoms with E-state index < -0.39 is 40.1 Å². The van der Waals surface area contributed by atoms with Crippen molar-refractivity contribution in [2.75, 3.05) is 32.6 Å². The Labute approximate surface area is 251 Å². The fourth-order valence-corrected chi connectivity index (χ4v) is 5.14. The summed E-state index contributed by atoms with van der Waals surface area (Å²) in [5.41, 5.74) is 0.443. The van der Waals surface area contributed by atoms with Gasteiger partial charge in [-0.1, -0.05) is 24.4 Å². The normalized spacial score (nSPS) is 15.7. The SMILES string of the molecule is C=CCOC(=O)c1cc(NC(=O)C2CC(SC(C)=O)CN2C(=O)OCc2ccc([N+](=O)[O-])cc2)cc(C(=O)N(C)OC)c1. The average Bonchev–Trinajstić information content (AvgIpc) is 3.41. The van der Waals surface area contributed by atoms with E-state index in [4.69, 9.17) is 14.3 Å². The van der Waals surface area contributed by atoms with E-state index in [1.54, 1.807) is 0 Å². The molecule has 0 spiro atoms. The summed E-state index contributed by atoms with van der Waals surface area (Å²) in [5.74, 6) is -2.01. The number of nitro groups is 1. The number of carbonyl (C=O) groups excluding carboxylic acids is 5. The van der Waals surface area contributed by atoms with Crippen molar-refractivity contribution in [2.45, 2.75) is 31.2 Å². The van der Waals surface area contributed by atoms with Crippen LogP contribution in [-0.4, -0.2) is 82.5 Å². The van der Waals surface area contributed by atoms with Gasteiger partial charge >= 0.3 is 12.1 Å². The van der Waals surface area contributed by atoms with E-state index in [2.05, 4.69) is 11.9 Å². The Morgan fingerprint density at radius 3 is 2.42 bits per heavy atom.